The van der Waals surface area contributed by atoms with Crippen LogP contribution in [0.25, 0.3) is 0 Å². The van der Waals surface area contributed by atoms with Crippen molar-refractivity contribution in [3.05, 3.63) is 29.3 Å². The van der Waals surface area contributed by atoms with Crippen LogP contribution in [0.4, 0.5) is 10.5 Å². The van der Waals surface area contributed by atoms with Crippen LogP contribution in [0.3, 0.4) is 0 Å². The lowest BCUT2D eigenvalue weighted by molar-refractivity contribution is 0.0583. The molecule has 1 aromatic rings. The normalized spacial score (nSPS) is 24.3. The van der Waals surface area contributed by atoms with Gasteiger partial charge >= 0.3 is 6.09 Å². The Morgan fingerprint density at radius 2 is 2.12 bits per heavy atom. The van der Waals surface area contributed by atoms with E-state index in [1.54, 1.807) is 0 Å². The Morgan fingerprint density at radius 1 is 1.38 bits per heavy atom. The number of hydrogen-bond acceptors (Lipinski definition) is 4. The molecule has 0 bridgehead atoms. The number of para-hydroxylation sites is 1. The zero-order valence-electron chi connectivity index (χ0n) is 15.2. The fraction of sp³-hybridized carbons (Fsp3) is 0.632. The predicted octanol–water partition coefficient (Wildman–Crippen LogP) is 2.94. The highest BCUT2D eigenvalue weighted by molar-refractivity contribution is 5.92. The van der Waals surface area contributed by atoms with E-state index in [2.05, 4.69) is 30.1 Å². The average Bonchev–Trinajstić information content (AvgIpc) is 3.08. The summed E-state index contributed by atoms with van der Waals surface area (Å²) < 4.78 is 5.62. The molecule has 2 heterocycles. The highest BCUT2D eigenvalue weighted by atomic mass is 16.6. The molecule has 1 aromatic carbocycles. The van der Waals surface area contributed by atoms with E-state index >= 15 is 0 Å². The van der Waals surface area contributed by atoms with Gasteiger partial charge in [0.05, 0.1) is 5.69 Å². The number of nitrogens with zero attached hydrogens (tertiary/aromatic N) is 2. The minimum absolute atomic E-state index is 0.246. The first-order valence-electron chi connectivity index (χ1n) is 8.82. The largest absolute Gasteiger partial charge is 0.443 e. The molecule has 0 radical (unpaired) electrons. The van der Waals surface area contributed by atoms with E-state index < -0.39 is 5.60 Å². The number of nitrogens with two attached hydrogens (primary N) is 1. The molecule has 0 spiro atoms. The van der Waals surface area contributed by atoms with Crippen molar-refractivity contribution in [1.82, 2.24) is 4.90 Å². The van der Waals surface area contributed by atoms with E-state index in [9.17, 15) is 4.79 Å². The minimum Gasteiger partial charge on any atom is -0.443 e. The number of rotatable bonds is 2. The van der Waals surface area contributed by atoms with Gasteiger partial charge in [-0.05, 0) is 64.3 Å². The van der Waals surface area contributed by atoms with E-state index in [4.69, 9.17) is 10.5 Å². The van der Waals surface area contributed by atoms with Gasteiger partial charge < -0.3 is 10.5 Å². The Bertz CT molecular complexity index is 624. The quantitative estimate of drug-likeness (QED) is 0.905. The fourth-order valence-corrected chi connectivity index (χ4v) is 3.89. The van der Waals surface area contributed by atoms with Gasteiger partial charge in [-0.3, -0.25) is 9.80 Å². The topological polar surface area (TPSA) is 58.8 Å². The highest BCUT2D eigenvalue weighted by Gasteiger charge is 2.36. The van der Waals surface area contributed by atoms with Gasteiger partial charge in [0.15, 0.2) is 0 Å². The third kappa shape index (κ3) is 3.28. The summed E-state index contributed by atoms with van der Waals surface area (Å²) in [6.07, 6.45) is 1.69. The van der Waals surface area contributed by atoms with Crippen molar-refractivity contribution in [1.29, 1.82) is 0 Å². The number of likely N-dealkylation sites (tertiary alicyclic amines) is 1. The molecule has 1 fully saturated rings. The van der Waals surface area contributed by atoms with Crippen LogP contribution in [-0.4, -0.2) is 43.3 Å². The summed E-state index contributed by atoms with van der Waals surface area (Å²) in [6, 6.07) is 6.70. The summed E-state index contributed by atoms with van der Waals surface area (Å²) >= 11 is 0. The van der Waals surface area contributed by atoms with Gasteiger partial charge in [-0.25, -0.2) is 4.79 Å². The van der Waals surface area contributed by atoms with Crippen molar-refractivity contribution < 1.29 is 9.53 Å². The molecule has 2 N–H and O–H groups in total. The van der Waals surface area contributed by atoms with Crippen molar-refractivity contribution in [3.8, 4) is 0 Å². The second kappa shape index (κ2) is 6.37. The van der Waals surface area contributed by atoms with E-state index in [0.717, 1.165) is 25.1 Å². The third-order valence-electron chi connectivity index (χ3n) is 4.97. The van der Waals surface area contributed by atoms with Crippen LogP contribution in [0.1, 0.15) is 44.4 Å². The standard InChI is InChI=1S/C19H29N3O2/c1-19(2,3)24-18(23)22-9-8-14-6-5-7-15(17(14)22)16-10-13(11-20)12-21(16)4/h5-7,13,16H,8-12,20H2,1-4H3. The number of carbonyl (C=O) groups excluding carboxylic acids is 1. The Labute approximate surface area is 144 Å². The van der Waals surface area contributed by atoms with E-state index in [0.29, 0.717) is 25.0 Å². The lowest BCUT2D eigenvalue weighted by Crippen LogP contribution is -2.36. The molecule has 0 aliphatic carbocycles. The van der Waals surface area contributed by atoms with Crippen molar-refractivity contribution in [2.45, 2.75) is 45.3 Å². The molecule has 0 saturated carbocycles. The Kier molecular flexibility index (Phi) is 4.58. The Hall–Kier alpha value is -1.59. The maximum atomic E-state index is 12.7. The van der Waals surface area contributed by atoms with Crippen LogP contribution in [0, 0.1) is 5.92 Å². The second-order valence-electron chi connectivity index (χ2n) is 8.03. The summed E-state index contributed by atoms with van der Waals surface area (Å²) in [5.74, 6) is 0.521. The molecule has 3 rings (SSSR count). The summed E-state index contributed by atoms with van der Waals surface area (Å²) in [5, 5.41) is 0. The molecule has 0 aromatic heterocycles. The third-order valence-corrected chi connectivity index (χ3v) is 4.97. The zero-order valence-corrected chi connectivity index (χ0v) is 15.2. The van der Waals surface area contributed by atoms with Crippen LogP contribution in [-0.2, 0) is 11.2 Å². The summed E-state index contributed by atoms with van der Waals surface area (Å²) in [5.41, 5.74) is 8.93. The Balaban J connectivity index is 1.92. The molecule has 5 nitrogen and oxygen atoms in total. The van der Waals surface area contributed by atoms with Gasteiger partial charge in [0, 0.05) is 19.1 Å². The molecule has 2 atom stereocenters. The Morgan fingerprint density at radius 3 is 2.75 bits per heavy atom. The SMILES string of the molecule is CN1CC(CN)CC1c1cccc2c1N(C(=O)OC(C)(C)C)CC2. The van der Waals surface area contributed by atoms with Crippen LogP contribution in [0.2, 0.25) is 0 Å². The van der Waals surface area contributed by atoms with E-state index in [1.807, 2.05) is 25.7 Å². The number of benzene rings is 1. The fourth-order valence-electron chi connectivity index (χ4n) is 3.89. The first kappa shape index (κ1) is 17.2. The number of carbonyl (C=O) groups is 1. The number of amides is 1. The van der Waals surface area contributed by atoms with E-state index in [-0.39, 0.29) is 6.09 Å². The first-order chi connectivity index (χ1) is 11.3. The molecule has 132 valence electrons. The van der Waals surface area contributed by atoms with Crippen molar-refractivity contribution in [3.63, 3.8) is 0 Å². The van der Waals surface area contributed by atoms with Gasteiger partial charge in [-0.2, -0.15) is 0 Å². The highest BCUT2D eigenvalue weighted by Crippen LogP contribution is 2.42. The van der Waals surface area contributed by atoms with Crippen LogP contribution in [0.5, 0.6) is 0 Å². The van der Waals surface area contributed by atoms with Crippen LogP contribution >= 0.6 is 0 Å². The molecule has 2 unspecified atom stereocenters. The lowest BCUT2D eigenvalue weighted by atomic mass is 9.96. The minimum atomic E-state index is -0.483. The maximum Gasteiger partial charge on any atom is 0.414 e. The average molecular weight is 331 g/mol. The number of hydrogen-bond donors (Lipinski definition) is 1. The van der Waals surface area contributed by atoms with Crippen LogP contribution in [0.15, 0.2) is 18.2 Å². The van der Waals surface area contributed by atoms with Gasteiger partial charge in [0.1, 0.15) is 5.60 Å². The van der Waals surface area contributed by atoms with Crippen molar-refractivity contribution >= 4 is 11.8 Å². The van der Waals surface area contributed by atoms with Crippen molar-refractivity contribution in [2.24, 2.45) is 11.7 Å². The second-order valence-corrected chi connectivity index (χ2v) is 8.03. The number of anilines is 1. The number of ether oxygens (including phenoxy) is 1. The molecule has 5 heteroatoms. The van der Waals surface area contributed by atoms with Crippen molar-refractivity contribution in [2.75, 3.05) is 31.6 Å². The monoisotopic (exact) mass is 331 g/mol. The molecule has 2 aliphatic rings. The molecular weight excluding hydrogens is 302 g/mol. The lowest BCUT2D eigenvalue weighted by Gasteiger charge is -2.28. The van der Waals surface area contributed by atoms with Gasteiger partial charge in [0.2, 0.25) is 0 Å². The summed E-state index contributed by atoms with van der Waals surface area (Å²) in [4.78, 5) is 16.8. The molecule has 1 saturated heterocycles. The molecular formula is C19H29N3O2. The smallest absolute Gasteiger partial charge is 0.414 e. The molecule has 1 amide bonds. The number of fused-ring (bicyclic) bond motifs is 1. The molecule has 2 aliphatic heterocycles. The molecule has 24 heavy (non-hydrogen) atoms. The zero-order chi connectivity index (χ0) is 17.5. The van der Waals surface area contributed by atoms with E-state index in [1.165, 1.54) is 11.1 Å². The summed E-state index contributed by atoms with van der Waals surface area (Å²) in [7, 11) is 2.15. The maximum absolute atomic E-state index is 12.7. The predicted molar refractivity (Wildman–Crippen MR) is 96.3 cm³/mol. The summed E-state index contributed by atoms with van der Waals surface area (Å²) in [6.45, 7) is 8.14. The van der Waals surface area contributed by atoms with Gasteiger partial charge in [-0.15, -0.1) is 0 Å². The van der Waals surface area contributed by atoms with Crippen LogP contribution < -0.4 is 10.6 Å². The van der Waals surface area contributed by atoms with Gasteiger partial charge in [0.25, 0.3) is 0 Å². The van der Waals surface area contributed by atoms with Gasteiger partial charge in [-0.1, -0.05) is 18.2 Å². The first-order valence-corrected chi connectivity index (χ1v) is 8.82.